The first kappa shape index (κ1) is 24.4. The number of aryl methyl sites for hydroxylation is 2. The average Bonchev–Trinajstić information content (AvgIpc) is 3.45. The maximum absolute atomic E-state index is 13.2. The zero-order valence-electron chi connectivity index (χ0n) is 20.4. The predicted molar refractivity (Wildman–Crippen MR) is 123 cm³/mol. The Kier molecular flexibility index (Phi) is 6.92. The summed E-state index contributed by atoms with van der Waals surface area (Å²) >= 11 is 0. The molecule has 0 saturated heterocycles. The quantitative estimate of drug-likeness (QED) is 0.616. The Balaban J connectivity index is 2.19. The highest BCUT2D eigenvalue weighted by Crippen LogP contribution is 2.38. The molecule has 1 amide bonds. The number of imidazole rings is 1. The van der Waals surface area contributed by atoms with Gasteiger partial charge >= 0.3 is 6.09 Å². The molecule has 2 aromatic heterocycles. The summed E-state index contributed by atoms with van der Waals surface area (Å²) in [7, 11) is 2.97. The SMILES string of the molecule is C=c1nc(C2CC2)n(C(=O)OC(C)(C)C)/c1=C/C(=C\CC(=O)N(C)OC)c1c(C)noc1C. The van der Waals surface area contributed by atoms with Crippen molar-refractivity contribution in [3.63, 3.8) is 0 Å². The van der Waals surface area contributed by atoms with E-state index >= 15 is 0 Å². The van der Waals surface area contributed by atoms with Gasteiger partial charge in [-0.3, -0.25) is 9.63 Å². The molecule has 3 rings (SSSR count). The first-order valence-electron chi connectivity index (χ1n) is 10.9. The molecule has 0 aliphatic heterocycles. The minimum Gasteiger partial charge on any atom is -0.443 e. The number of hydrogen-bond donors (Lipinski definition) is 0. The molecular formula is C24H32N4O5. The van der Waals surface area contributed by atoms with Gasteiger partial charge in [-0.1, -0.05) is 17.8 Å². The third kappa shape index (κ3) is 5.60. The molecule has 0 radical (unpaired) electrons. The van der Waals surface area contributed by atoms with Crippen molar-refractivity contribution in [3.05, 3.63) is 39.6 Å². The number of ether oxygens (including phenoxy) is 1. The van der Waals surface area contributed by atoms with Crippen LogP contribution in [0.4, 0.5) is 4.79 Å². The number of carbonyl (C=O) groups excluding carboxylic acids is 2. The van der Waals surface area contributed by atoms with Gasteiger partial charge in [-0.15, -0.1) is 0 Å². The molecule has 1 aliphatic carbocycles. The molecule has 2 heterocycles. The van der Waals surface area contributed by atoms with Gasteiger partial charge in [0.1, 0.15) is 17.2 Å². The zero-order valence-corrected chi connectivity index (χ0v) is 20.4. The van der Waals surface area contributed by atoms with E-state index in [2.05, 4.69) is 16.7 Å². The fourth-order valence-electron chi connectivity index (χ4n) is 3.46. The van der Waals surface area contributed by atoms with Crippen LogP contribution >= 0.6 is 0 Å². The highest BCUT2D eigenvalue weighted by molar-refractivity contribution is 5.92. The number of hydroxylamine groups is 2. The Hall–Kier alpha value is -3.20. The normalized spacial score (nSPS) is 15.1. The van der Waals surface area contributed by atoms with E-state index in [1.807, 2.05) is 27.7 Å². The van der Waals surface area contributed by atoms with Crippen LogP contribution in [0.25, 0.3) is 18.2 Å². The van der Waals surface area contributed by atoms with Crippen molar-refractivity contribution in [2.24, 2.45) is 0 Å². The van der Waals surface area contributed by atoms with E-state index in [4.69, 9.17) is 14.1 Å². The number of allylic oxidation sites excluding steroid dienone is 1. The largest absolute Gasteiger partial charge is 0.443 e. The number of hydrogen-bond acceptors (Lipinski definition) is 7. The standard InChI is InChI=1S/C24H32N4O5/c1-14-19(28(22(25-14)17-9-10-17)23(30)32-24(4,5)6)13-18(11-12-20(29)27(7)31-8)21-15(2)26-33-16(21)3/h11,13,17H,1,9-10,12H2,2-8H3/b18-11+,19-13+. The van der Waals surface area contributed by atoms with Gasteiger partial charge in [0.2, 0.25) is 5.91 Å². The first-order valence-corrected chi connectivity index (χ1v) is 10.9. The predicted octanol–water partition coefficient (Wildman–Crippen LogP) is 2.83. The molecule has 9 heteroatoms. The smallest absolute Gasteiger partial charge is 0.420 e. The van der Waals surface area contributed by atoms with Crippen molar-refractivity contribution >= 4 is 30.2 Å². The fourth-order valence-corrected chi connectivity index (χ4v) is 3.46. The van der Waals surface area contributed by atoms with E-state index in [1.165, 1.54) is 11.7 Å². The molecule has 1 saturated carbocycles. The number of aromatic nitrogens is 3. The third-order valence-corrected chi connectivity index (χ3v) is 5.27. The number of amides is 1. The summed E-state index contributed by atoms with van der Waals surface area (Å²) in [5.74, 6) is 1.21. The fraction of sp³-hybridized carbons (Fsp3) is 0.500. The van der Waals surface area contributed by atoms with Crippen molar-refractivity contribution in [1.29, 1.82) is 0 Å². The Morgan fingerprint density at radius 1 is 1.30 bits per heavy atom. The molecule has 9 nitrogen and oxygen atoms in total. The Morgan fingerprint density at radius 2 is 1.97 bits per heavy atom. The van der Waals surface area contributed by atoms with E-state index in [0.29, 0.717) is 33.5 Å². The molecule has 1 fully saturated rings. The van der Waals surface area contributed by atoms with Crippen LogP contribution in [0, 0.1) is 13.8 Å². The van der Waals surface area contributed by atoms with E-state index in [-0.39, 0.29) is 18.2 Å². The van der Waals surface area contributed by atoms with Gasteiger partial charge in [-0.25, -0.2) is 19.4 Å². The van der Waals surface area contributed by atoms with Crippen molar-refractivity contribution in [2.45, 2.75) is 65.4 Å². The third-order valence-electron chi connectivity index (χ3n) is 5.27. The highest BCUT2D eigenvalue weighted by Gasteiger charge is 2.32. The summed E-state index contributed by atoms with van der Waals surface area (Å²) in [5.41, 5.74) is 1.41. The molecule has 0 unspecified atom stereocenters. The molecule has 0 bridgehead atoms. The molecule has 0 N–H and O–H groups in total. The highest BCUT2D eigenvalue weighted by atomic mass is 16.7. The molecule has 0 spiro atoms. The van der Waals surface area contributed by atoms with Gasteiger partial charge in [-0.2, -0.15) is 0 Å². The van der Waals surface area contributed by atoms with Crippen molar-refractivity contribution in [2.75, 3.05) is 14.2 Å². The minimum atomic E-state index is -0.668. The monoisotopic (exact) mass is 456 g/mol. The maximum atomic E-state index is 13.2. The van der Waals surface area contributed by atoms with Crippen molar-refractivity contribution in [1.82, 2.24) is 19.8 Å². The molecule has 178 valence electrons. The van der Waals surface area contributed by atoms with Gasteiger partial charge in [0.15, 0.2) is 0 Å². The molecule has 0 aromatic carbocycles. The van der Waals surface area contributed by atoms with Crippen LogP contribution in [-0.4, -0.2) is 51.5 Å². The van der Waals surface area contributed by atoms with Crippen LogP contribution in [0.5, 0.6) is 0 Å². The molecular weight excluding hydrogens is 424 g/mol. The van der Waals surface area contributed by atoms with Crippen molar-refractivity contribution in [3.8, 4) is 0 Å². The van der Waals surface area contributed by atoms with E-state index in [9.17, 15) is 9.59 Å². The van der Waals surface area contributed by atoms with Crippen LogP contribution in [0.3, 0.4) is 0 Å². The zero-order chi connectivity index (χ0) is 24.5. The second-order valence-electron chi connectivity index (χ2n) is 9.17. The lowest BCUT2D eigenvalue weighted by Gasteiger charge is -2.20. The van der Waals surface area contributed by atoms with Crippen LogP contribution in [0.15, 0.2) is 10.6 Å². The summed E-state index contributed by atoms with van der Waals surface area (Å²) in [6.45, 7) is 13.2. The number of rotatable bonds is 6. The van der Waals surface area contributed by atoms with Gasteiger partial charge in [0, 0.05) is 24.9 Å². The number of carbonyl (C=O) groups is 2. The summed E-state index contributed by atoms with van der Waals surface area (Å²) in [4.78, 5) is 35.1. The molecule has 2 aromatic rings. The molecule has 33 heavy (non-hydrogen) atoms. The first-order chi connectivity index (χ1) is 15.4. The lowest BCUT2D eigenvalue weighted by Crippen LogP contribution is -2.37. The number of nitrogens with zero attached hydrogens (tertiary/aromatic N) is 4. The summed E-state index contributed by atoms with van der Waals surface area (Å²) in [6.07, 6.45) is 5.03. The van der Waals surface area contributed by atoms with Crippen LogP contribution in [0.1, 0.15) is 68.8 Å². The second-order valence-corrected chi connectivity index (χ2v) is 9.17. The lowest BCUT2D eigenvalue weighted by molar-refractivity contribution is -0.167. The average molecular weight is 457 g/mol. The van der Waals surface area contributed by atoms with Crippen LogP contribution < -0.4 is 10.7 Å². The summed E-state index contributed by atoms with van der Waals surface area (Å²) in [5, 5.41) is 6.16. The van der Waals surface area contributed by atoms with Gasteiger partial charge in [0.05, 0.1) is 23.5 Å². The van der Waals surface area contributed by atoms with Gasteiger partial charge < -0.3 is 9.26 Å². The van der Waals surface area contributed by atoms with Gasteiger partial charge in [-0.05, 0) is 59.1 Å². The summed E-state index contributed by atoms with van der Waals surface area (Å²) < 4.78 is 12.5. The Bertz CT molecular complexity index is 1180. The van der Waals surface area contributed by atoms with Crippen LogP contribution in [-0.2, 0) is 14.4 Å². The summed E-state index contributed by atoms with van der Waals surface area (Å²) in [6, 6.07) is 0. The Morgan fingerprint density at radius 3 is 2.48 bits per heavy atom. The minimum absolute atomic E-state index is 0.0722. The van der Waals surface area contributed by atoms with E-state index in [1.54, 1.807) is 26.1 Å². The topological polar surface area (TPSA) is 99.7 Å². The van der Waals surface area contributed by atoms with Gasteiger partial charge in [0.25, 0.3) is 0 Å². The maximum Gasteiger partial charge on any atom is 0.420 e. The molecule has 1 aliphatic rings. The van der Waals surface area contributed by atoms with Crippen LogP contribution in [0.2, 0.25) is 0 Å². The van der Waals surface area contributed by atoms with E-state index < -0.39 is 11.7 Å². The van der Waals surface area contributed by atoms with Crippen molar-refractivity contribution < 1.29 is 23.7 Å². The molecule has 0 atom stereocenters. The Labute approximate surface area is 193 Å². The van der Waals surface area contributed by atoms with E-state index in [0.717, 1.165) is 23.5 Å². The lowest BCUT2D eigenvalue weighted by atomic mass is 10.0. The second kappa shape index (κ2) is 9.35.